The van der Waals surface area contributed by atoms with Crippen LogP contribution in [0.3, 0.4) is 0 Å². The third-order valence-corrected chi connectivity index (χ3v) is 5.74. The molecule has 0 aliphatic carbocycles. The quantitative estimate of drug-likeness (QED) is 0.475. The molecule has 126 valence electrons. The van der Waals surface area contributed by atoms with E-state index in [4.69, 9.17) is 10.1 Å². The number of rotatable bonds is 3. The van der Waals surface area contributed by atoms with Crippen LogP contribution in [-0.2, 0) is 0 Å². The van der Waals surface area contributed by atoms with Crippen molar-refractivity contribution in [1.82, 2.24) is 4.98 Å². The van der Waals surface area contributed by atoms with Gasteiger partial charge in [-0.3, -0.25) is 5.01 Å². The summed E-state index contributed by atoms with van der Waals surface area (Å²) in [4.78, 5) is 4.81. The van der Waals surface area contributed by atoms with Crippen molar-refractivity contribution in [3.8, 4) is 0 Å². The summed E-state index contributed by atoms with van der Waals surface area (Å²) < 4.78 is 1.21. The molecule has 0 spiro atoms. The molecule has 3 nitrogen and oxygen atoms in total. The number of nitrogens with zero attached hydrogens (tertiary/aromatic N) is 3. The van der Waals surface area contributed by atoms with E-state index in [0.29, 0.717) is 0 Å². The molecule has 1 aromatic heterocycles. The van der Waals surface area contributed by atoms with Crippen molar-refractivity contribution < 1.29 is 0 Å². The summed E-state index contributed by atoms with van der Waals surface area (Å²) >= 11 is 1.72. The maximum Gasteiger partial charge on any atom is 0.140 e. The van der Waals surface area contributed by atoms with Gasteiger partial charge in [-0.25, -0.2) is 4.98 Å². The van der Waals surface area contributed by atoms with Crippen LogP contribution in [-0.4, -0.2) is 10.7 Å². The Morgan fingerprint density at radius 3 is 2.27 bits per heavy atom. The summed E-state index contributed by atoms with van der Waals surface area (Å²) in [7, 11) is 0. The molecule has 0 saturated heterocycles. The highest BCUT2D eigenvalue weighted by atomic mass is 32.1. The summed E-state index contributed by atoms with van der Waals surface area (Å²) in [6, 6.07) is 29.4. The van der Waals surface area contributed by atoms with Gasteiger partial charge >= 0.3 is 0 Å². The van der Waals surface area contributed by atoms with Crippen LogP contribution in [0.4, 0.5) is 5.69 Å². The number of para-hydroxylation sites is 2. The second kappa shape index (κ2) is 6.39. The van der Waals surface area contributed by atoms with E-state index in [1.807, 2.05) is 12.1 Å². The fourth-order valence-corrected chi connectivity index (χ4v) is 4.35. The van der Waals surface area contributed by atoms with E-state index < -0.39 is 0 Å². The zero-order valence-electron chi connectivity index (χ0n) is 14.1. The Labute approximate surface area is 156 Å². The van der Waals surface area contributed by atoms with Crippen molar-refractivity contribution in [3.05, 3.63) is 95.5 Å². The second-order valence-electron chi connectivity index (χ2n) is 6.34. The summed E-state index contributed by atoms with van der Waals surface area (Å²) in [6.45, 7) is 0. The molecule has 0 amide bonds. The summed E-state index contributed by atoms with van der Waals surface area (Å²) in [5, 5.41) is 8.13. The monoisotopic (exact) mass is 355 g/mol. The zero-order valence-corrected chi connectivity index (χ0v) is 14.9. The van der Waals surface area contributed by atoms with Gasteiger partial charge in [-0.2, -0.15) is 5.10 Å². The molecule has 0 saturated carbocycles. The van der Waals surface area contributed by atoms with Gasteiger partial charge in [0, 0.05) is 6.42 Å². The van der Waals surface area contributed by atoms with Gasteiger partial charge < -0.3 is 0 Å². The van der Waals surface area contributed by atoms with Crippen molar-refractivity contribution in [2.45, 2.75) is 12.5 Å². The fourth-order valence-electron chi connectivity index (χ4n) is 3.39. The number of thiazole rings is 1. The van der Waals surface area contributed by atoms with Crippen molar-refractivity contribution in [3.63, 3.8) is 0 Å². The predicted octanol–water partition coefficient (Wildman–Crippen LogP) is 5.65. The highest BCUT2D eigenvalue weighted by Crippen LogP contribution is 2.37. The highest BCUT2D eigenvalue weighted by molar-refractivity contribution is 7.20. The normalized spacial score (nSPS) is 16.8. The van der Waals surface area contributed by atoms with Crippen LogP contribution >= 0.6 is 11.3 Å². The van der Waals surface area contributed by atoms with E-state index in [1.54, 1.807) is 11.3 Å². The molecule has 1 aliphatic rings. The number of anilines is 1. The maximum atomic E-state index is 4.98. The first-order valence-corrected chi connectivity index (χ1v) is 9.53. The molecule has 3 aromatic carbocycles. The molecule has 0 bridgehead atoms. The Morgan fingerprint density at radius 2 is 1.50 bits per heavy atom. The molecule has 1 atom stereocenters. The smallest absolute Gasteiger partial charge is 0.140 e. The van der Waals surface area contributed by atoms with Crippen molar-refractivity contribution in [2.75, 3.05) is 5.01 Å². The number of benzene rings is 3. The molecule has 0 radical (unpaired) electrons. The molecular formula is C22H17N3S. The van der Waals surface area contributed by atoms with E-state index in [1.165, 1.54) is 10.3 Å². The summed E-state index contributed by atoms with van der Waals surface area (Å²) in [5.74, 6) is 0. The van der Waals surface area contributed by atoms with Gasteiger partial charge in [0.1, 0.15) is 5.01 Å². The number of fused-ring (bicyclic) bond motifs is 1. The van der Waals surface area contributed by atoms with Crippen LogP contribution in [0.1, 0.15) is 23.0 Å². The lowest BCUT2D eigenvalue weighted by Crippen LogP contribution is -2.18. The van der Waals surface area contributed by atoms with Gasteiger partial charge in [-0.15, -0.1) is 11.3 Å². The lowest BCUT2D eigenvalue weighted by atomic mass is 10.0. The van der Waals surface area contributed by atoms with Gasteiger partial charge in [0.05, 0.1) is 27.7 Å². The van der Waals surface area contributed by atoms with Crippen LogP contribution in [0.2, 0.25) is 0 Å². The first-order chi connectivity index (χ1) is 12.9. The van der Waals surface area contributed by atoms with E-state index >= 15 is 0 Å². The third kappa shape index (κ3) is 2.68. The standard InChI is InChI=1S/C22H17N3S/c1-3-9-16(10-4-1)20-15-19(24-25(20)17-11-5-2-6-12-17)22-23-18-13-7-8-14-21(18)26-22/h1-14,20H,15H2. The number of hydrogen-bond donors (Lipinski definition) is 0. The van der Waals surface area contributed by atoms with Gasteiger partial charge in [-0.05, 0) is 29.8 Å². The largest absolute Gasteiger partial charge is 0.257 e. The molecule has 4 heteroatoms. The van der Waals surface area contributed by atoms with Gasteiger partial charge in [0.25, 0.3) is 0 Å². The summed E-state index contributed by atoms with van der Waals surface area (Å²) in [5.41, 5.74) is 4.49. The average Bonchev–Trinajstić information content (AvgIpc) is 3.34. The lowest BCUT2D eigenvalue weighted by molar-refractivity contribution is 0.709. The fraction of sp³-hybridized carbons (Fsp3) is 0.0909. The lowest BCUT2D eigenvalue weighted by Gasteiger charge is -2.23. The Balaban J connectivity index is 1.58. The zero-order chi connectivity index (χ0) is 17.3. The molecular weight excluding hydrogens is 338 g/mol. The van der Waals surface area contributed by atoms with Crippen molar-refractivity contribution >= 4 is 33.0 Å². The number of hydrazone groups is 1. The van der Waals surface area contributed by atoms with E-state index in [2.05, 4.69) is 77.8 Å². The predicted molar refractivity (Wildman–Crippen MR) is 109 cm³/mol. The van der Waals surface area contributed by atoms with Crippen LogP contribution in [0.25, 0.3) is 10.2 Å². The average molecular weight is 355 g/mol. The van der Waals surface area contributed by atoms with Crippen molar-refractivity contribution in [2.24, 2.45) is 5.10 Å². The Morgan fingerprint density at radius 1 is 0.808 bits per heavy atom. The molecule has 4 aromatic rings. The van der Waals surface area contributed by atoms with Gasteiger partial charge in [0.2, 0.25) is 0 Å². The SMILES string of the molecule is c1ccc(C2CC(c3nc4ccccc4s3)=NN2c2ccccc2)cc1. The summed E-state index contributed by atoms with van der Waals surface area (Å²) in [6.07, 6.45) is 0.860. The third-order valence-electron chi connectivity index (χ3n) is 4.66. The second-order valence-corrected chi connectivity index (χ2v) is 7.37. The van der Waals surface area contributed by atoms with E-state index in [-0.39, 0.29) is 6.04 Å². The molecule has 0 N–H and O–H groups in total. The number of aromatic nitrogens is 1. The minimum atomic E-state index is 0.195. The van der Waals surface area contributed by atoms with Crippen LogP contribution in [0, 0.1) is 0 Å². The van der Waals surface area contributed by atoms with Crippen molar-refractivity contribution in [1.29, 1.82) is 0 Å². The molecule has 1 aliphatic heterocycles. The van der Waals surface area contributed by atoms with E-state index in [9.17, 15) is 0 Å². The first kappa shape index (κ1) is 15.3. The van der Waals surface area contributed by atoms with Crippen LogP contribution < -0.4 is 5.01 Å². The van der Waals surface area contributed by atoms with Gasteiger partial charge in [-0.1, -0.05) is 60.7 Å². The Hall–Kier alpha value is -2.98. The Bertz CT molecular complexity index is 1040. The molecule has 0 fully saturated rings. The minimum absolute atomic E-state index is 0.195. The molecule has 2 heterocycles. The maximum absolute atomic E-state index is 4.98. The van der Waals surface area contributed by atoms with Crippen LogP contribution in [0.15, 0.2) is 90.0 Å². The number of hydrogen-bond acceptors (Lipinski definition) is 4. The van der Waals surface area contributed by atoms with Crippen LogP contribution in [0.5, 0.6) is 0 Å². The molecule has 1 unspecified atom stereocenters. The first-order valence-electron chi connectivity index (χ1n) is 8.71. The van der Waals surface area contributed by atoms with Gasteiger partial charge in [0.15, 0.2) is 0 Å². The Kier molecular flexibility index (Phi) is 3.76. The molecule has 26 heavy (non-hydrogen) atoms. The minimum Gasteiger partial charge on any atom is -0.257 e. The topological polar surface area (TPSA) is 28.5 Å². The molecule has 5 rings (SSSR count). The highest BCUT2D eigenvalue weighted by Gasteiger charge is 2.31. The van der Waals surface area contributed by atoms with E-state index in [0.717, 1.165) is 28.3 Å².